The summed E-state index contributed by atoms with van der Waals surface area (Å²) in [5.41, 5.74) is -1.33. The van der Waals surface area contributed by atoms with Crippen molar-refractivity contribution in [1.82, 2.24) is 14.7 Å². The lowest BCUT2D eigenvalue weighted by atomic mass is 9.70. The number of hydrogen-bond donors (Lipinski definition) is 1. The molecule has 2 aromatic rings. The number of halogens is 5. The first-order valence-electron chi connectivity index (χ1n) is 13.3. The van der Waals surface area contributed by atoms with Gasteiger partial charge in [-0.05, 0) is 74.5 Å². The number of aliphatic carboxylic acids is 1. The van der Waals surface area contributed by atoms with Gasteiger partial charge in [0.1, 0.15) is 0 Å². The normalized spacial score (nSPS) is 20.6. The average Bonchev–Trinajstić information content (AvgIpc) is 3.27. The first kappa shape index (κ1) is 30.4. The molecular formula is C28H32Cl2F3N3O4. The molecule has 2 aliphatic rings. The maximum absolute atomic E-state index is 14.4. The molecule has 0 aliphatic heterocycles. The number of Topliss-reactive ketones (excluding diaryl/α,β-unsaturated/α-hetero) is 1. The molecule has 0 spiro atoms. The fourth-order valence-electron chi connectivity index (χ4n) is 5.91. The smallest absolute Gasteiger partial charge is 0.433 e. The van der Waals surface area contributed by atoms with Gasteiger partial charge in [0.2, 0.25) is 0 Å². The summed E-state index contributed by atoms with van der Waals surface area (Å²) in [6, 6.07) is 2.52. The Labute approximate surface area is 240 Å². The Balaban J connectivity index is 1.65. The summed E-state index contributed by atoms with van der Waals surface area (Å²) >= 11 is 12.6. The standard InChI is InChI=1S/C28H32Cl2F3N3O4/c1-16-10-20(29)24(21(30)11-16)22(37)14-35(15-27(2)8-3-9-27)26(40)19-13-34-36(25(19)28(31,32)33)18-6-4-17(5-7-18)12-23(38)39/h10-11,13,17-18H,3-9,12,14-15H2,1-2H3,(H,38,39). The Morgan fingerprint density at radius 3 is 2.23 bits per heavy atom. The van der Waals surface area contributed by atoms with Crippen LogP contribution in [-0.2, 0) is 11.0 Å². The van der Waals surface area contributed by atoms with Crippen molar-refractivity contribution in [2.45, 2.75) is 77.4 Å². The van der Waals surface area contributed by atoms with Gasteiger partial charge < -0.3 is 10.0 Å². The minimum atomic E-state index is -4.88. The molecule has 40 heavy (non-hydrogen) atoms. The number of aromatic nitrogens is 2. The Morgan fingerprint density at radius 1 is 1.12 bits per heavy atom. The predicted molar refractivity (Wildman–Crippen MR) is 144 cm³/mol. The number of carboxylic acid groups (broad SMARTS) is 1. The number of hydrogen-bond acceptors (Lipinski definition) is 4. The number of alkyl halides is 3. The van der Waals surface area contributed by atoms with Crippen LogP contribution < -0.4 is 0 Å². The SMILES string of the molecule is Cc1cc(Cl)c(C(=O)CN(CC2(C)CCC2)C(=O)c2cnn(C3CCC(CC(=O)O)CC3)c2C(F)(F)F)c(Cl)c1. The van der Waals surface area contributed by atoms with Gasteiger partial charge >= 0.3 is 12.1 Å². The van der Waals surface area contributed by atoms with Crippen LogP contribution in [0, 0.1) is 18.3 Å². The van der Waals surface area contributed by atoms with E-state index in [4.69, 9.17) is 28.3 Å². The molecule has 4 rings (SSSR count). The van der Waals surface area contributed by atoms with Crippen molar-refractivity contribution in [2.24, 2.45) is 11.3 Å². The van der Waals surface area contributed by atoms with Crippen LogP contribution >= 0.6 is 23.2 Å². The molecule has 12 heteroatoms. The van der Waals surface area contributed by atoms with E-state index in [9.17, 15) is 27.6 Å². The molecule has 2 aliphatic carbocycles. The number of amides is 1. The second-order valence-electron chi connectivity index (χ2n) is 11.5. The highest BCUT2D eigenvalue weighted by molar-refractivity contribution is 6.40. The summed E-state index contributed by atoms with van der Waals surface area (Å²) in [7, 11) is 0. The van der Waals surface area contributed by atoms with Gasteiger partial charge in [-0.1, -0.05) is 36.5 Å². The van der Waals surface area contributed by atoms with Crippen molar-refractivity contribution < 1.29 is 32.7 Å². The molecule has 0 saturated heterocycles. The van der Waals surface area contributed by atoms with Gasteiger partial charge in [-0.25, -0.2) is 0 Å². The second-order valence-corrected chi connectivity index (χ2v) is 12.3. The molecular weight excluding hydrogens is 570 g/mol. The van der Waals surface area contributed by atoms with E-state index in [1.807, 2.05) is 6.92 Å². The van der Waals surface area contributed by atoms with E-state index in [0.717, 1.165) is 40.6 Å². The third-order valence-corrected chi connectivity index (χ3v) is 8.74. The van der Waals surface area contributed by atoms with Crippen LogP contribution in [0.3, 0.4) is 0 Å². The fraction of sp³-hybridized carbons (Fsp3) is 0.571. The molecule has 2 saturated carbocycles. The fourth-order valence-corrected chi connectivity index (χ4v) is 6.71. The summed E-state index contributed by atoms with van der Waals surface area (Å²) in [4.78, 5) is 39.3. The van der Waals surface area contributed by atoms with E-state index in [1.54, 1.807) is 19.1 Å². The molecule has 1 aromatic heterocycles. The van der Waals surface area contributed by atoms with Gasteiger partial charge in [0.05, 0.1) is 40.0 Å². The number of aryl methyl sites for hydroxylation is 1. The van der Waals surface area contributed by atoms with Gasteiger partial charge in [-0.2, -0.15) is 18.3 Å². The number of carboxylic acids is 1. The summed E-state index contributed by atoms with van der Waals surface area (Å²) in [6.07, 6.45) is 0.0612. The highest BCUT2D eigenvalue weighted by Crippen LogP contribution is 2.43. The quantitative estimate of drug-likeness (QED) is 0.306. The van der Waals surface area contributed by atoms with Gasteiger partial charge in [0.15, 0.2) is 11.5 Å². The number of ketones is 1. The van der Waals surface area contributed by atoms with Crippen molar-refractivity contribution in [1.29, 1.82) is 0 Å². The van der Waals surface area contributed by atoms with E-state index in [0.29, 0.717) is 25.7 Å². The molecule has 0 atom stereocenters. The minimum Gasteiger partial charge on any atom is -0.481 e. The highest BCUT2D eigenvalue weighted by atomic mass is 35.5. The third-order valence-electron chi connectivity index (χ3n) is 8.14. The predicted octanol–water partition coefficient (Wildman–Crippen LogP) is 7.24. The zero-order chi connectivity index (χ0) is 29.4. The first-order valence-corrected chi connectivity index (χ1v) is 14.1. The van der Waals surface area contributed by atoms with Crippen molar-refractivity contribution in [2.75, 3.05) is 13.1 Å². The lowest BCUT2D eigenvalue weighted by molar-refractivity contribution is -0.145. The van der Waals surface area contributed by atoms with E-state index in [1.165, 1.54) is 0 Å². The van der Waals surface area contributed by atoms with E-state index < -0.39 is 47.7 Å². The Bertz CT molecular complexity index is 1280. The molecule has 0 bridgehead atoms. The second kappa shape index (κ2) is 11.7. The van der Waals surface area contributed by atoms with Crippen molar-refractivity contribution in [3.63, 3.8) is 0 Å². The summed E-state index contributed by atoms with van der Waals surface area (Å²) in [6.45, 7) is 3.31. The number of benzene rings is 1. The monoisotopic (exact) mass is 601 g/mol. The summed E-state index contributed by atoms with van der Waals surface area (Å²) < 4.78 is 44.2. The zero-order valence-electron chi connectivity index (χ0n) is 22.4. The topological polar surface area (TPSA) is 92.5 Å². The Kier molecular flexibility index (Phi) is 8.90. The molecule has 1 N–H and O–H groups in total. The molecule has 1 amide bonds. The maximum Gasteiger partial charge on any atom is 0.433 e. The molecule has 1 aromatic carbocycles. The van der Waals surface area contributed by atoms with Crippen molar-refractivity contribution in [3.05, 3.63) is 50.8 Å². The molecule has 1 heterocycles. The largest absolute Gasteiger partial charge is 0.481 e. The van der Waals surface area contributed by atoms with Crippen LogP contribution in [0.5, 0.6) is 0 Å². The molecule has 0 unspecified atom stereocenters. The molecule has 2 fully saturated rings. The van der Waals surface area contributed by atoms with E-state index in [-0.39, 0.29) is 39.9 Å². The molecule has 7 nitrogen and oxygen atoms in total. The molecule has 218 valence electrons. The molecule has 0 radical (unpaired) electrons. The third kappa shape index (κ3) is 6.65. The Morgan fingerprint density at radius 2 is 1.73 bits per heavy atom. The van der Waals surface area contributed by atoms with E-state index in [2.05, 4.69) is 5.10 Å². The van der Waals surface area contributed by atoms with Crippen LogP contribution in [0.1, 0.15) is 96.3 Å². The zero-order valence-corrected chi connectivity index (χ0v) is 23.9. The van der Waals surface area contributed by atoms with Crippen LogP contribution in [-0.4, -0.2) is 50.5 Å². The van der Waals surface area contributed by atoms with Gasteiger partial charge in [-0.3, -0.25) is 19.1 Å². The number of carbonyl (C=O) groups excluding carboxylic acids is 2. The minimum absolute atomic E-state index is 0.0235. The van der Waals surface area contributed by atoms with Crippen LogP contribution in [0.2, 0.25) is 10.0 Å². The Hall–Kier alpha value is -2.59. The van der Waals surface area contributed by atoms with Crippen molar-refractivity contribution in [3.8, 4) is 0 Å². The number of nitrogens with zero attached hydrogens (tertiary/aromatic N) is 3. The van der Waals surface area contributed by atoms with Crippen LogP contribution in [0.25, 0.3) is 0 Å². The van der Waals surface area contributed by atoms with Gasteiger partial charge in [0.25, 0.3) is 5.91 Å². The van der Waals surface area contributed by atoms with Gasteiger partial charge in [-0.15, -0.1) is 0 Å². The summed E-state index contributed by atoms with van der Waals surface area (Å²) in [5.74, 6) is -2.54. The average molecular weight is 602 g/mol. The van der Waals surface area contributed by atoms with Crippen molar-refractivity contribution >= 4 is 40.9 Å². The first-order chi connectivity index (χ1) is 18.7. The van der Waals surface area contributed by atoms with E-state index >= 15 is 0 Å². The van der Waals surface area contributed by atoms with Crippen LogP contribution in [0.15, 0.2) is 18.3 Å². The number of rotatable bonds is 9. The highest BCUT2D eigenvalue weighted by Gasteiger charge is 2.44. The summed E-state index contributed by atoms with van der Waals surface area (Å²) in [5, 5.41) is 13.3. The lowest BCUT2D eigenvalue weighted by Crippen LogP contribution is -2.46. The lowest BCUT2D eigenvalue weighted by Gasteiger charge is -2.42. The maximum atomic E-state index is 14.4. The van der Waals surface area contributed by atoms with Gasteiger partial charge in [0, 0.05) is 13.0 Å². The van der Waals surface area contributed by atoms with Crippen LogP contribution in [0.4, 0.5) is 13.2 Å². The number of carbonyl (C=O) groups is 3.